The lowest BCUT2D eigenvalue weighted by molar-refractivity contribution is -0.127. The molecule has 0 atom stereocenters. The highest BCUT2D eigenvalue weighted by Crippen LogP contribution is 2.30. The number of benzene rings is 2. The van der Waals surface area contributed by atoms with Gasteiger partial charge in [0.1, 0.15) is 5.52 Å². The maximum atomic E-state index is 12.5. The number of hydrogen-bond acceptors (Lipinski definition) is 5. The number of amides is 1. The number of ether oxygens (including phenoxy) is 1. The molecule has 0 aliphatic carbocycles. The second-order valence-electron chi connectivity index (χ2n) is 7.07. The Balaban J connectivity index is 1.34. The lowest BCUT2D eigenvalue weighted by Crippen LogP contribution is -2.36. The number of para-hydroxylation sites is 2. The average Bonchev–Trinajstić information content (AvgIpc) is 3.22. The van der Waals surface area contributed by atoms with Gasteiger partial charge in [0.2, 0.25) is 5.91 Å². The Morgan fingerprint density at radius 2 is 1.83 bits per heavy atom. The van der Waals surface area contributed by atoms with Gasteiger partial charge in [-0.15, -0.1) is 0 Å². The minimum atomic E-state index is -0.376. The van der Waals surface area contributed by atoms with Crippen molar-refractivity contribution in [2.45, 2.75) is 18.8 Å². The van der Waals surface area contributed by atoms with Gasteiger partial charge in [-0.25, -0.2) is 9.78 Å². The number of fused-ring (bicyclic) bond motifs is 1. The van der Waals surface area contributed by atoms with Crippen LogP contribution in [0, 0.1) is 0 Å². The average molecular weight is 390 g/mol. The van der Waals surface area contributed by atoms with Crippen LogP contribution >= 0.6 is 0 Å². The van der Waals surface area contributed by atoms with Gasteiger partial charge in [-0.2, -0.15) is 0 Å². The third-order valence-electron chi connectivity index (χ3n) is 5.22. The van der Waals surface area contributed by atoms with Gasteiger partial charge < -0.3 is 14.1 Å². The van der Waals surface area contributed by atoms with Crippen LogP contribution in [0.4, 0.5) is 0 Å². The fraction of sp³-hybridized carbons (Fsp3) is 0.261. The first-order chi connectivity index (χ1) is 14.1. The van der Waals surface area contributed by atoms with E-state index >= 15 is 0 Å². The molecule has 1 aliphatic heterocycles. The molecule has 0 saturated carbocycles. The number of aromatic nitrogens is 1. The number of nitrogens with zero attached hydrogens (tertiary/aromatic N) is 2. The number of hydrogen-bond donors (Lipinski definition) is 0. The summed E-state index contributed by atoms with van der Waals surface area (Å²) in [5.74, 6) is 0.609. The van der Waals surface area contributed by atoms with Crippen molar-refractivity contribution in [3.63, 3.8) is 0 Å². The van der Waals surface area contributed by atoms with E-state index in [4.69, 9.17) is 4.42 Å². The van der Waals surface area contributed by atoms with Crippen LogP contribution in [0.3, 0.4) is 0 Å². The number of rotatable bonds is 4. The second-order valence-corrected chi connectivity index (χ2v) is 7.07. The molecule has 6 heteroatoms. The Morgan fingerprint density at radius 1 is 1.10 bits per heavy atom. The van der Waals surface area contributed by atoms with Crippen molar-refractivity contribution < 1.29 is 18.7 Å². The quantitative estimate of drug-likeness (QED) is 0.497. The number of carbonyl (C=O) groups is 2. The Labute approximate surface area is 168 Å². The standard InChI is InChI=1S/C23H22N2O4/c1-28-23(27)18-9-6-16(7-10-18)8-11-21(26)25-14-12-17(13-15-25)22-24-19-4-2-3-5-20(19)29-22/h2-11,17H,12-15H2,1H3/b11-8+. The topological polar surface area (TPSA) is 72.6 Å². The molecule has 0 radical (unpaired) electrons. The molecule has 148 valence electrons. The van der Waals surface area contributed by atoms with E-state index in [0.29, 0.717) is 18.7 Å². The molecule has 29 heavy (non-hydrogen) atoms. The van der Waals surface area contributed by atoms with Crippen LogP contribution in [0.25, 0.3) is 17.2 Å². The summed E-state index contributed by atoms with van der Waals surface area (Å²) in [5.41, 5.74) is 3.02. The second kappa shape index (κ2) is 8.31. The van der Waals surface area contributed by atoms with E-state index in [1.54, 1.807) is 36.4 Å². The van der Waals surface area contributed by atoms with Crippen molar-refractivity contribution in [2.75, 3.05) is 20.2 Å². The Kier molecular flexibility index (Phi) is 5.42. The monoisotopic (exact) mass is 390 g/mol. The van der Waals surface area contributed by atoms with Crippen LogP contribution in [-0.4, -0.2) is 42.0 Å². The first-order valence-electron chi connectivity index (χ1n) is 9.65. The minimum Gasteiger partial charge on any atom is -0.465 e. The number of esters is 1. The Morgan fingerprint density at radius 3 is 2.52 bits per heavy atom. The summed E-state index contributed by atoms with van der Waals surface area (Å²) in [7, 11) is 1.35. The van der Waals surface area contributed by atoms with Crippen LogP contribution in [-0.2, 0) is 9.53 Å². The smallest absolute Gasteiger partial charge is 0.337 e. The van der Waals surface area contributed by atoms with E-state index in [2.05, 4.69) is 9.72 Å². The highest BCUT2D eigenvalue weighted by Gasteiger charge is 2.26. The summed E-state index contributed by atoms with van der Waals surface area (Å²) < 4.78 is 10.6. The van der Waals surface area contributed by atoms with Crippen LogP contribution in [0.2, 0.25) is 0 Å². The van der Waals surface area contributed by atoms with E-state index in [1.807, 2.05) is 29.2 Å². The molecule has 2 aromatic carbocycles. The van der Waals surface area contributed by atoms with Crippen molar-refractivity contribution >= 4 is 29.1 Å². The van der Waals surface area contributed by atoms with Gasteiger partial charge in [-0.1, -0.05) is 24.3 Å². The Hall–Kier alpha value is -3.41. The first-order valence-corrected chi connectivity index (χ1v) is 9.65. The molecule has 6 nitrogen and oxygen atoms in total. The molecule has 1 saturated heterocycles. The van der Waals surface area contributed by atoms with Gasteiger partial charge in [-0.3, -0.25) is 4.79 Å². The molecule has 1 aliphatic rings. The lowest BCUT2D eigenvalue weighted by atomic mass is 9.96. The highest BCUT2D eigenvalue weighted by atomic mass is 16.5. The van der Waals surface area contributed by atoms with Crippen LogP contribution in [0.1, 0.15) is 40.6 Å². The van der Waals surface area contributed by atoms with Crippen LogP contribution in [0.15, 0.2) is 59.0 Å². The Bertz CT molecular complexity index is 1010. The van der Waals surface area contributed by atoms with Gasteiger partial charge in [0.25, 0.3) is 0 Å². The molecule has 0 N–H and O–H groups in total. The molecule has 3 aromatic rings. The predicted octanol–water partition coefficient (Wildman–Crippen LogP) is 4.03. The summed E-state index contributed by atoms with van der Waals surface area (Å²) in [6, 6.07) is 14.7. The molecular weight excluding hydrogens is 368 g/mol. The SMILES string of the molecule is COC(=O)c1ccc(/C=C/C(=O)N2CCC(c3nc4ccccc4o3)CC2)cc1. The molecule has 4 rings (SSSR count). The van der Waals surface area contributed by atoms with Crippen molar-refractivity contribution in [2.24, 2.45) is 0 Å². The molecule has 1 aromatic heterocycles. The molecule has 1 amide bonds. The van der Waals surface area contributed by atoms with E-state index in [9.17, 15) is 9.59 Å². The van der Waals surface area contributed by atoms with Crippen LogP contribution < -0.4 is 0 Å². The maximum absolute atomic E-state index is 12.5. The third kappa shape index (κ3) is 4.21. The van der Waals surface area contributed by atoms with Gasteiger partial charge in [0.15, 0.2) is 11.5 Å². The molecule has 1 fully saturated rings. The minimum absolute atomic E-state index is 0.0157. The fourth-order valence-corrected chi connectivity index (χ4v) is 3.53. The summed E-state index contributed by atoms with van der Waals surface area (Å²) >= 11 is 0. The van der Waals surface area contributed by atoms with Gasteiger partial charge in [-0.05, 0) is 48.7 Å². The first kappa shape index (κ1) is 18.9. The molecule has 0 spiro atoms. The predicted molar refractivity (Wildman–Crippen MR) is 109 cm³/mol. The highest BCUT2D eigenvalue weighted by molar-refractivity contribution is 5.92. The third-order valence-corrected chi connectivity index (χ3v) is 5.22. The zero-order chi connectivity index (χ0) is 20.2. The molecule has 2 heterocycles. The van der Waals surface area contributed by atoms with E-state index in [0.717, 1.165) is 35.4 Å². The molecule has 0 unspecified atom stereocenters. The summed E-state index contributed by atoms with van der Waals surface area (Å²) in [4.78, 5) is 30.4. The normalized spacial score (nSPS) is 15.1. The summed E-state index contributed by atoms with van der Waals surface area (Å²) in [5, 5.41) is 0. The van der Waals surface area contributed by atoms with E-state index < -0.39 is 0 Å². The maximum Gasteiger partial charge on any atom is 0.337 e. The zero-order valence-corrected chi connectivity index (χ0v) is 16.2. The molecule has 0 bridgehead atoms. The zero-order valence-electron chi connectivity index (χ0n) is 16.2. The number of likely N-dealkylation sites (tertiary alicyclic amines) is 1. The van der Waals surface area contributed by atoms with Gasteiger partial charge in [0, 0.05) is 25.1 Å². The van der Waals surface area contributed by atoms with Gasteiger partial charge >= 0.3 is 5.97 Å². The fourth-order valence-electron chi connectivity index (χ4n) is 3.53. The summed E-state index contributed by atoms with van der Waals surface area (Å²) in [6.07, 6.45) is 5.00. The summed E-state index contributed by atoms with van der Waals surface area (Å²) in [6.45, 7) is 1.35. The lowest BCUT2D eigenvalue weighted by Gasteiger charge is -2.29. The number of piperidine rings is 1. The number of carbonyl (C=O) groups excluding carboxylic acids is 2. The van der Waals surface area contributed by atoms with Gasteiger partial charge in [0.05, 0.1) is 12.7 Å². The van der Waals surface area contributed by atoms with Crippen molar-refractivity contribution in [3.05, 3.63) is 71.6 Å². The van der Waals surface area contributed by atoms with Crippen molar-refractivity contribution in [3.8, 4) is 0 Å². The van der Waals surface area contributed by atoms with Crippen LogP contribution in [0.5, 0.6) is 0 Å². The van der Waals surface area contributed by atoms with E-state index in [1.165, 1.54) is 7.11 Å². The number of methoxy groups -OCH3 is 1. The number of oxazole rings is 1. The van der Waals surface area contributed by atoms with Crippen molar-refractivity contribution in [1.29, 1.82) is 0 Å². The largest absolute Gasteiger partial charge is 0.465 e. The molecular formula is C23H22N2O4. The van der Waals surface area contributed by atoms with Crippen molar-refractivity contribution in [1.82, 2.24) is 9.88 Å². The van der Waals surface area contributed by atoms with E-state index in [-0.39, 0.29) is 17.8 Å².